The third-order valence-electron chi connectivity index (χ3n) is 5.20. The smallest absolute Gasteiger partial charge is 0.191 e. The van der Waals surface area contributed by atoms with E-state index in [1.165, 1.54) is 6.07 Å². The van der Waals surface area contributed by atoms with Crippen LogP contribution in [0.15, 0.2) is 53.5 Å². The molecule has 3 N–H and O–H groups in total. The number of hydrogen-bond acceptors (Lipinski definition) is 4. The third kappa shape index (κ3) is 6.10. The number of piperidine rings is 1. The van der Waals surface area contributed by atoms with E-state index >= 15 is 0 Å². The first-order valence-corrected chi connectivity index (χ1v) is 10.5. The lowest BCUT2D eigenvalue weighted by Crippen LogP contribution is -2.51. The summed E-state index contributed by atoms with van der Waals surface area (Å²) in [6, 6.07) is 14.3. The molecule has 0 bridgehead atoms. The van der Waals surface area contributed by atoms with Gasteiger partial charge in [-0.05, 0) is 55.7 Å². The number of benzene rings is 2. The summed E-state index contributed by atoms with van der Waals surface area (Å²) in [5.41, 5.74) is 1.70. The minimum absolute atomic E-state index is 0.193. The van der Waals surface area contributed by atoms with Gasteiger partial charge >= 0.3 is 0 Å². The molecule has 1 aliphatic heterocycles. The topological polar surface area (TPSA) is 69.1 Å². The van der Waals surface area contributed by atoms with Gasteiger partial charge in [0, 0.05) is 31.4 Å². The lowest BCUT2D eigenvalue weighted by molar-refractivity contribution is 0.187. The van der Waals surface area contributed by atoms with Gasteiger partial charge in [0.15, 0.2) is 5.96 Å². The summed E-state index contributed by atoms with van der Waals surface area (Å²) in [5, 5.41) is 17.2. The standard InChI is InChI=1S/C23H31FN4O2/c1-3-25-23(26-15-22(29)17-9-11-21(30-2)12-10-17)27-19-7-5-13-28(16-19)20-8-4-6-18(24)14-20/h4,6,8-12,14,19,22,29H,3,5,7,13,15-16H2,1-2H3,(H2,25,26,27). The second kappa shape index (κ2) is 10.8. The van der Waals surface area contributed by atoms with Crippen molar-refractivity contribution in [1.82, 2.24) is 10.6 Å². The molecular formula is C23H31FN4O2. The monoisotopic (exact) mass is 414 g/mol. The summed E-state index contributed by atoms with van der Waals surface area (Å²) in [6.45, 7) is 4.67. The Hall–Kier alpha value is -2.80. The fraction of sp³-hybridized carbons (Fsp3) is 0.435. The molecule has 2 atom stereocenters. The normalized spacial score (nSPS) is 18.1. The maximum atomic E-state index is 13.6. The maximum Gasteiger partial charge on any atom is 0.191 e. The Labute approximate surface area is 177 Å². The number of nitrogens with zero attached hydrogens (tertiary/aromatic N) is 2. The van der Waals surface area contributed by atoms with Crippen LogP contribution in [0.5, 0.6) is 5.75 Å². The van der Waals surface area contributed by atoms with Crippen LogP contribution in [0.25, 0.3) is 0 Å². The van der Waals surface area contributed by atoms with Gasteiger partial charge in [-0.1, -0.05) is 18.2 Å². The van der Waals surface area contributed by atoms with E-state index in [2.05, 4.69) is 20.5 Å². The summed E-state index contributed by atoms with van der Waals surface area (Å²) in [5.74, 6) is 1.21. The number of halogens is 1. The highest BCUT2D eigenvalue weighted by Crippen LogP contribution is 2.21. The van der Waals surface area contributed by atoms with Gasteiger partial charge in [-0.3, -0.25) is 4.99 Å². The van der Waals surface area contributed by atoms with Crippen LogP contribution in [0.1, 0.15) is 31.4 Å². The number of hydrogen-bond donors (Lipinski definition) is 3. The lowest BCUT2D eigenvalue weighted by atomic mass is 10.0. The average Bonchev–Trinajstić information content (AvgIpc) is 2.77. The van der Waals surface area contributed by atoms with E-state index in [1.54, 1.807) is 19.2 Å². The van der Waals surface area contributed by atoms with Crippen molar-refractivity contribution in [3.8, 4) is 5.75 Å². The van der Waals surface area contributed by atoms with E-state index in [-0.39, 0.29) is 18.4 Å². The summed E-state index contributed by atoms with van der Waals surface area (Å²) < 4.78 is 18.7. The molecule has 6 nitrogen and oxygen atoms in total. The minimum Gasteiger partial charge on any atom is -0.497 e. The highest BCUT2D eigenvalue weighted by Gasteiger charge is 2.21. The van der Waals surface area contributed by atoms with Crippen LogP contribution in [0.3, 0.4) is 0 Å². The first-order valence-electron chi connectivity index (χ1n) is 10.5. The summed E-state index contributed by atoms with van der Waals surface area (Å²) in [4.78, 5) is 6.77. The molecule has 2 aromatic carbocycles. The van der Waals surface area contributed by atoms with Gasteiger partial charge in [0.1, 0.15) is 11.6 Å². The molecule has 1 saturated heterocycles. The lowest BCUT2D eigenvalue weighted by Gasteiger charge is -2.35. The van der Waals surface area contributed by atoms with Crippen LogP contribution in [0, 0.1) is 5.82 Å². The Morgan fingerprint density at radius 2 is 2.10 bits per heavy atom. The summed E-state index contributed by atoms with van der Waals surface area (Å²) in [6.07, 6.45) is 1.33. The molecule has 1 heterocycles. The molecule has 0 radical (unpaired) electrons. The molecule has 0 spiro atoms. The molecular weight excluding hydrogens is 383 g/mol. The van der Waals surface area contributed by atoms with Crippen LogP contribution in [0.2, 0.25) is 0 Å². The van der Waals surface area contributed by atoms with Gasteiger partial charge in [0.05, 0.1) is 19.8 Å². The van der Waals surface area contributed by atoms with Gasteiger partial charge in [0.25, 0.3) is 0 Å². The van der Waals surface area contributed by atoms with Gasteiger partial charge in [-0.25, -0.2) is 4.39 Å². The number of rotatable bonds is 7. The molecule has 1 fully saturated rings. The molecule has 1 aliphatic rings. The van der Waals surface area contributed by atoms with Crippen LogP contribution >= 0.6 is 0 Å². The number of anilines is 1. The number of guanidine groups is 1. The SMILES string of the molecule is CCNC(=NCC(O)c1ccc(OC)cc1)NC1CCCN(c2cccc(F)c2)C1. The van der Waals surface area contributed by atoms with E-state index < -0.39 is 6.10 Å². The largest absolute Gasteiger partial charge is 0.497 e. The Balaban J connectivity index is 1.60. The number of nitrogens with one attached hydrogen (secondary N) is 2. The van der Waals surface area contributed by atoms with Crippen molar-refractivity contribution in [2.45, 2.75) is 31.9 Å². The molecule has 162 valence electrons. The van der Waals surface area contributed by atoms with E-state index in [9.17, 15) is 9.50 Å². The molecule has 0 aliphatic carbocycles. The Morgan fingerprint density at radius 1 is 1.30 bits per heavy atom. The zero-order valence-electron chi connectivity index (χ0n) is 17.6. The fourth-order valence-corrected chi connectivity index (χ4v) is 3.62. The molecule has 0 aromatic heterocycles. The Morgan fingerprint density at radius 3 is 2.80 bits per heavy atom. The van der Waals surface area contributed by atoms with Gasteiger partial charge < -0.3 is 25.4 Å². The van der Waals surface area contributed by atoms with Gasteiger partial charge in [-0.15, -0.1) is 0 Å². The van der Waals surface area contributed by atoms with E-state index in [4.69, 9.17) is 4.74 Å². The van der Waals surface area contributed by atoms with Crippen molar-refractivity contribution in [2.75, 3.05) is 38.2 Å². The zero-order valence-corrected chi connectivity index (χ0v) is 17.6. The second-order valence-electron chi connectivity index (χ2n) is 7.42. The van der Waals surface area contributed by atoms with Crippen LogP contribution < -0.4 is 20.3 Å². The first-order chi connectivity index (χ1) is 14.6. The fourth-order valence-electron chi connectivity index (χ4n) is 3.62. The van der Waals surface area contributed by atoms with Crippen LogP contribution in [-0.4, -0.2) is 50.4 Å². The van der Waals surface area contributed by atoms with Crippen LogP contribution in [0.4, 0.5) is 10.1 Å². The van der Waals surface area contributed by atoms with E-state index in [0.717, 1.165) is 49.5 Å². The van der Waals surface area contributed by atoms with Gasteiger partial charge in [-0.2, -0.15) is 0 Å². The maximum absolute atomic E-state index is 13.6. The average molecular weight is 415 g/mol. The van der Waals surface area contributed by atoms with E-state index in [0.29, 0.717) is 5.96 Å². The number of aliphatic imine (C=N–C) groups is 1. The molecule has 2 unspecified atom stereocenters. The number of methoxy groups -OCH3 is 1. The molecule has 3 rings (SSSR count). The van der Waals surface area contributed by atoms with Crippen molar-refractivity contribution in [1.29, 1.82) is 0 Å². The summed E-state index contributed by atoms with van der Waals surface area (Å²) >= 11 is 0. The third-order valence-corrected chi connectivity index (χ3v) is 5.20. The molecule has 0 saturated carbocycles. The Bertz CT molecular complexity index is 828. The van der Waals surface area contributed by atoms with Crippen molar-refractivity contribution >= 4 is 11.6 Å². The molecule has 30 heavy (non-hydrogen) atoms. The second-order valence-corrected chi connectivity index (χ2v) is 7.42. The number of ether oxygens (including phenoxy) is 1. The minimum atomic E-state index is -0.693. The van der Waals surface area contributed by atoms with E-state index in [1.807, 2.05) is 37.3 Å². The van der Waals surface area contributed by atoms with Crippen molar-refractivity contribution in [2.24, 2.45) is 4.99 Å². The molecule has 0 amide bonds. The van der Waals surface area contributed by atoms with Gasteiger partial charge in [0.2, 0.25) is 0 Å². The number of aliphatic hydroxyl groups is 1. The Kier molecular flexibility index (Phi) is 7.90. The van der Waals surface area contributed by atoms with Crippen molar-refractivity contribution in [3.05, 3.63) is 59.9 Å². The first kappa shape index (κ1) is 21.9. The predicted octanol–water partition coefficient (Wildman–Crippen LogP) is 3.09. The quantitative estimate of drug-likeness (QED) is 0.480. The highest BCUT2D eigenvalue weighted by atomic mass is 19.1. The van der Waals surface area contributed by atoms with Crippen LogP contribution in [-0.2, 0) is 0 Å². The highest BCUT2D eigenvalue weighted by molar-refractivity contribution is 5.80. The summed E-state index contributed by atoms with van der Waals surface area (Å²) in [7, 11) is 1.62. The zero-order chi connectivity index (χ0) is 21.3. The predicted molar refractivity (Wildman–Crippen MR) is 119 cm³/mol. The van der Waals surface area contributed by atoms with Crippen molar-refractivity contribution < 1.29 is 14.2 Å². The molecule has 2 aromatic rings. The number of aliphatic hydroxyl groups excluding tert-OH is 1. The molecule has 7 heteroatoms. The van der Waals surface area contributed by atoms with Crippen molar-refractivity contribution in [3.63, 3.8) is 0 Å².